The molecule has 0 unspecified atom stereocenters. The van der Waals surface area contributed by atoms with Gasteiger partial charge in [0.25, 0.3) is 0 Å². The second-order valence-electron chi connectivity index (χ2n) is 10.1. The zero-order valence-electron chi connectivity index (χ0n) is 22.5. The van der Waals surface area contributed by atoms with Gasteiger partial charge in [-0.1, -0.05) is 48.0 Å². The van der Waals surface area contributed by atoms with E-state index in [1.54, 1.807) is 18.5 Å². The number of nitrogens with one attached hydrogen (secondary N) is 2. The van der Waals surface area contributed by atoms with Gasteiger partial charge in [-0.2, -0.15) is 15.3 Å². The third kappa shape index (κ3) is 6.89. The third-order valence-corrected chi connectivity index (χ3v) is 7.47. The zero-order valence-corrected chi connectivity index (χ0v) is 23.3. The molecule has 0 aliphatic carbocycles. The summed E-state index contributed by atoms with van der Waals surface area (Å²) in [6.07, 6.45) is 4.54. The summed E-state index contributed by atoms with van der Waals surface area (Å²) in [6, 6.07) is 15.7. The van der Waals surface area contributed by atoms with E-state index >= 15 is 0 Å². The largest absolute Gasteiger partial charge is 0.447 e. The zero-order chi connectivity index (χ0) is 28.8. The molecule has 1 aliphatic rings. The van der Waals surface area contributed by atoms with Crippen molar-refractivity contribution in [2.75, 3.05) is 18.5 Å². The number of carbonyl (C=O) groups is 2. The lowest BCUT2D eigenvalue weighted by Crippen LogP contribution is -2.44. The average molecular weight is 577 g/mol. The molecule has 3 heterocycles. The molecule has 2 aromatic heterocycles. The highest BCUT2D eigenvalue weighted by atomic mass is 35.5. The van der Waals surface area contributed by atoms with Crippen LogP contribution < -0.4 is 5.32 Å². The van der Waals surface area contributed by atoms with Gasteiger partial charge in [0.2, 0.25) is 5.91 Å². The Kier molecular flexibility index (Phi) is 8.88. The van der Waals surface area contributed by atoms with Gasteiger partial charge in [-0.15, -0.1) is 0 Å². The van der Waals surface area contributed by atoms with Crippen molar-refractivity contribution >= 4 is 29.4 Å². The summed E-state index contributed by atoms with van der Waals surface area (Å²) in [6.45, 7) is 2.62. The van der Waals surface area contributed by atoms with Crippen LogP contribution in [0.25, 0.3) is 11.3 Å². The highest BCUT2D eigenvalue weighted by Gasteiger charge is 2.40. The molecule has 0 radical (unpaired) electrons. The number of aryl methyl sites for hydroxylation is 1. The summed E-state index contributed by atoms with van der Waals surface area (Å²) in [5.41, 5.74) is 4.33. The second-order valence-corrected chi connectivity index (χ2v) is 10.5. The maximum absolute atomic E-state index is 14.2. The number of rotatable bonds is 11. The number of imide groups is 1. The number of H-pyrrole nitrogens is 1. The summed E-state index contributed by atoms with van der Waals surface area (Å²) in [7, 11) is 0. The van der Waals surface area contributed by atoms with E-state index in [2.05, 4.69) is 25.7 Å². The number of cyclic esters (lactones) is 1. The number of halogens is 2. The summed E-state index contributed by atoms with van der Waals surface area (Å²) >= 11 is 5.87. The summed E-state index contributed by atoms with van der Waals surface area (Å²) in [4.78, 5) is 27.8. The van der Waals surface area contributed by atoms with Crippen LogP contribution in [0.15, 0.2) is 67.0 Å². The number of ether oxygens (including phenoxy) is 1. The van der Waals surface area contributed by atoms with Gasteiger partial charge in [0, 0.05) is 24.1 Å². The number of amides is 2. The number of nitrogens with zero attached hydrogens (tertiary/aromatic N) is 4. The maximum Gasteiger partial charge on any atom is 0.416 e. The molecule has 0 saturated carbocycles. The Labute approximate surface area is 242 Å². The first-order valence-corrected chi connectivity index (χ1v) is 13.8. The minimum atomic E-state index is -0.647. The molecule has 2 amide bonds. The molecular formula is C30H30ClFN6O3. The van der Waals surface area contributed by atoms with Gasteiger partial charge < -0.3 is 10.1 Å². The maximum atomic E-state index is 14.2. The molecule has 1 fully saturated rings. The molecule has 2 N–H and O–H groups in total. The van der Waals surface area contributed by atoms with E-state index in [-0.39, 0.29) is 24.0 Å². The Hall–Kier alpha value is -4.31. The number of benzene rings is 2. The van der Waals surface area contributed by atoms with Gasteiger partial charge >= 0.3 is 6.09 Å². The number of hydrogen-bond acceptors (Lipinski definition) is 7. The van der Waals surface area contributed by atoms with Gasteiger partial charge in [-0.3, -0.25) is 9.89 Å². The molecule has 9 nitrogen and oxygen atoms in total. The first-order chi connectivity index (χ1) is 19.9. The normalized spacial score (nSPS) is 15.5. The highest BCUT2D eigenvalue weighted by molar-refractivity contribution is 6.30. The molecule has 2 atom stereocenters. The number of carbonyl (C=O) groups excluding carboxylic acids is 2. The number of aromatic nitrogens is 4. The summed E-state index contributed by atoms with van der Waals surface area (Å²) < 4.78 is 19.5. The number of hydrogen-bond donors (Lipinski definition) is 2. The van der Waals surface area contributed by atoms with Gasteiger partial charge in [0.05, 0.1) is 29.2 Å². The second kappa shape index (κ2) is 12.9. The van der Waals surface area contributed by atoms with Crippen molar-refractivity contribution in [2.24, 2.45) is 5.92 Å². The lowest BCUT2D eigenvalue weighted by molar-refractivity contribution is -0.133. The van der Waals surface area contributed by atoms with Crippen LogP contribution in [0.3, 0.4) is 0 Å². The smallest absolute Gasteiger partial charge is 0.416 e. The Morgan fingerprint density at radius 1 is 1.17 bits per heavy atom. The average Bonchev–Trinajstić information content (AvgIpc) is 3.59. The van der Waals surface area contributed by atoms with Gasteiger partial charge in [-0.05, 0) is 61.4 Å². The predicted molar refractivity (Wildman–Crippen MR) is 153 cm³/mol. The fourth-order valence-corrected chi connectivity index (χ4v) is 5.12. The number of anilines is 1. The fraction of sp³-hybridized carbons (Fsp3) is 0.300. The van der Waals surface area contributed by atoms with E-state index in [0.717, 1.165) is 22.4 Å². The van der Waals surface area contributed by atoms with Gasteiger partial charge in [0.15, 0.2) is 0 Å². The van der Waals surface area contributed by atoms with Crippen LogP contribution in [0, 0.1) is 18.7 Å². The van der Waals surface area contributed by atoms with Crippen LogP contribution in [-0.4, -0.2) is 56.5 Å². The quantitative estimate of drug-likeness (QED) is 0.223. The van der Waals surface area contributed by atoms with Crippen molar-refractivity contribution in [3.8, 4) is 11.3 Å². The standard InChI is InChI=1S/C30H30ClFN6O3/c1-19-16-34-35-17-24(19)27-15-28(37-36-27)33-11-5-8-22(12-21-9-10-25(31)26(32)14-21)29(39)38-23(18-41-30(38)40)13-20-6-3-2-4-7-20/h2-4,6-7,9-10,14-17,22-23H,5,8,11-13,18H2,1H3,(H2,33,36,37)/t22-,23+/m0/s1. The van der Waals surface area contributed by atoms with E-state index in [0.29, 0.717) is 37.2 Å². The molecule has 11 heteroatoms. The van der Waals surface area contributed by atoms with Crippen LogP contribution in [0.5, 0.6) is 0 Å². The SMILES string of the molecule is Cc1cnncc1-c1cc(NCCC[C@@H](Cc2ccc(Cl)c(F)c2)C(=O)N2C(=O)OC[C@H]2Cc2ccccc2)n[nH]1. The topological polar surface area (TPSA) is 113 Å². The first kappa shape index (κ1) is 28.2. The molecule has 2 aromatic carbocycles. The van der Waals surface area contributed by atoms with Crippen molar-refractivity contribution in [1.82, 2.24) is 25.3 Å². The molecular weight excluding hydrogens is 547 g/mol. The lowest BCUT2D eigenvalue weighted by Gasteiger charge is -2.25. The van der Waals surface area contributed by atoms with Crippen molar-refractivity contribution in [3.05, 3.63) is 94.5 Å². The van der Waals surface area contributed by atoms with Crippen molar-refractivity contribution in [2.45, 2.75) is 38.6 Å². The minimum absolute atomic E-state index is 0.0167. The summed E-state index contributed by atoms with van der Waals surface area (Å²) in [5, 5.41) is 18.4. The fourth-order valence-electron chi connectivity index (χ4n) is 5.01. The van der Waals surface area contributed by atoms with Gasteiger partial charge in [-0.25, -0.2) is 14.1 Å². The Morgan fingerprint density at radius 2 is 1.98 bits per heavy atom. The molecule has 212 valence electrons. The molecule has 0 spiro atoms. The van der Waals surface area contributed by atoms with E-state index in [9.17, 15) is 14.0 Å². The van der Waals surface area contributed by atoms with E-state index in [4.69, 9.17) is 16.3 Å². The van der Waals surface area contributed by atoms with Crippen LogP contribution in [-0.2, 0) is 22.4 Å². The van der Waals surface area contributed by atoms with E-state index < -0.39 is 23.9 Å². The number of aromatic amines is 1. The molecule has 41 heavy (non-hydrogen) atoms. The molecule has 0 bridgehead atoms. The Morgan fingerprint density at radius 3 is 2.76 bits per heavy atom. The van der Waals surface area contributed by atoms with Crippen LogP contribution in [0.1, 0.15) is 29.5 Å². The van der Waals surface area contributed by atoms with Crippen molar-refractivity contribution < 1.29 is 18.7 Å². The van der Waals surface area contributed by atoms with E-state index in [1.165, 1.54) is 17.0 Å². The predicted octanol–water partition coefficient (Wildman–Crippen LogP) is 5.61. The van der Waals surface area contributed by atoms with E-state index in [1.807, 2.05) is 43.3 Å². The summed E-state index contributed by atoms with van der Waals surface area (Å²) in [5.74, 6) is -0.786. The monoisotopic (exact) mass is 576 g/mol. The Balaban J connectivity index is 1.27. The highest BCUT2D eigenvalue weighted by Crippen LogP contribution is 2.26. The lowest BCUT2D eigenvalue weighted by atomic mass is 9.92. The molecule has 4 aromatic rings. The Bertz CT molecular complexity index is 1520. The molecule has 5 rings (SSSR count). The van der Waals surface area contributed by atoms with Crippen molar-refractivity contribution in [1.29, 1.82) is 0 Å². The molecule has 1 aliphatic heterocycles. The van der Waals surface area contributed by atoms with Crippen LogP contribution in [0.4, 0.5) is 15.0 Å². The first-order valence-electron chi connectivity index (χ1n) is 13.4. The molecule has 1 saturated heterocycles. The van der Waals surface area contributed by atoms with Crippen molar-refractivity contribution in [3.63, 3.8) is 0 Å². The van der Waals surface area contributed by atoms with Gasteiger partial charge in [0.1, 0.15) is 18.2 Å². The van der Waals surface area contributed by atoms with Crippen LogP contribution >= 0.6 is 11.6 Å². The third-order valence-electron chi connectivity index (χ3n) is 7.16. The van der Waals surface area contributed by atoms with Crippen LogP contribution in [0.2, 0.25) is 5.02 Å². The minimum Gasteiger partial charge on any atom is -0.447 e.